The van der Waals surface area contributed by atoms with Crippen LogP contribution < -0.4 is 29.1 Å². The van der Waals surface area contributed by atoms with E-state index in [2.05, 4.69) is 29.3 Å². The van der Waals surface area contributed by atoms with E-state index in [4.69, 9.17) is 30.5 Å². The van der Waals surface area contributed by atoms with Gasteiger partial charge in [-0.3, -0.25) is 9.36 Å². The molecule has 246 valence electrons. The predicted octanol–water partition coefficient (Wildman–Crippen LogP) is 6.98. The van der Waals surface area contributed by atoms with Crippen LogP contribution in [0.2, 0.25) is 5.02 Å². The highest BCUT2D eigenvalue weighted by Crippen LogP contribution is 2.38. The molecule has 10 heteroatoms. The fourth-order valence-electron chi connectivity index (χ4n) is 5.75. The Labute approximate surface area is 287 Å². The van der Waals surface area contributed by atoms with Crippen LogP contribution in [0.1, 0.15) is 50.4 Å². The number of carbonyl (C=O) groups excluding carboxylic acids is 1. The monoisotopic (exact) mass is 682 g/mol. The van der Waals surface area contributed by atoms with Crippen molar-refractivity contribution in [2.45, 2.75) is 46.4 Å². The fourth-order valence-corrected chi connectivity index (χ4v) is 7.07. The highest BCUT2D eigenvalue weighted by Gasteiger charge is 2.35. The van der Waals surface area contributed by atoms with Gasteiger partial charge in [0, 0.05) is 5.56 Å². The van der Waals surface area contributed by atoms with Gasteiger partial charge in [-0.25, -0.2) is 9.79 Å². The lowest BCUT2D eigenvalue weighted by atomic mass is 9.95. The first-order valence-electron chi connectivity index (χ1n) is 15.6. The molecular formula is C38H35ClN2O6S. The summed E-state index contributed by atoms with van der Waals surface area (Å²) in [5, 5.41) is 2.61. The minimum absolute atomic E-state index is 0.127. The second-order valence-corrected chi connectivity index (χ2v) is 12.9. The normalized spacial score (nSPS) is 14.6. The van der Waals surface area contributed by atoms with E-state index in [0.29, 0.717) is 55.0 Å². The van der Waals surface area contributed by atoms with Crippen LogP contribution in [0.25, 0.3) is 16.8 Å². The number of hydrogen-bond donors (Lipinski definition) is 0. The number of carbonyl (C=O) groups is 1. The van der Waals surface area contributed by atoms with Crippen LogP contribution in [0.4, 0.5) is 0 Å². The number of aromatic nitrogens is 1. The largest absolute Gasteiger partial charge is 0.493 e. The van der Waals surface area contributed by atoms with Crippen LogP contribution in [0, 0.1) is 0 Å². The molecule has 8 nitrogen and oxygen atoms in total. The quantitative estimate of drug-likeness (QED) is 0.148. The van der Waals surface area contributed by atoms with Gasteiger partial charge in [-0.05, 0) is 79.9 Å². The number of benzene rings is 4. The van der Waals surface area contributed by atoms with Gasteiger partial charge in [0.1, 0.15) is 18.4 Å². The predicted molar refractivity (Wildman–Crippen MR) is 189 cm³/mol. The molecule has 0 spiro atoms. The molecule has 1 aliphatic rings. The number of rotatable bonds is 10. The second kappa shape index (κ2) is 14.1. The number of para-hydroxylation sites is 1. The van der Waals surface area contributed by atoms with E-state index in [1.54, 1.807) is 39.2 Å². The van der Waals surface area contributed by atoms with Gasteiger partial charge < -0.3 is 18.9 Å². The lowest BCUT2D eigenvalue weighted by molar-refractivity contribution is -0.139. The molecule has 1 aromatic heterocycles. The molecular weight excluding hydrogens is 648 g/mol. The highest BCUT2D eigenvalue weighted by molar-refractivity contribution is 7.07. The Morgan fingerprint density at radius 2 is 1.77 bits per heavy atom. The van der Waals surface area contributed by atoms with Gasteiger partial charge in [0.2, 0.25) is 0 Å². The molecule has 5 aromatic rings. The van der Waals surface area contributed by atoms with Crippen LogP contribution in [-0.4, -0.2) is 30.4 Å². The summed E-state index contributed by atoms with van der Waals surface area (Å²) in [6.07, 6.45) is 1.61. The zero-order chi connectivity index (χ0) is 33.9. The molecule has 0 amide bonds. The Hall–Kier alpha value is -4.86. The molecule has 4 aromatic carbocycles. The average molecular weight is 683 g/mol. The number of methoxy groups -OCH3 is 1. The van der Waals surface area contributed by atoms with E-state index in [1.807, 2.05) is 56.3 Å². The van der Waals surface area contributed by atoms with Gasteiger partial charge in [-0.2, -0.15) is 0 Å². The molecule has 48 heavy (non-hydrogen) atoms. The third-order valence-corrected chi connectivity index (χ3v) is 9.10. The van der Waals surface area contributed by atoms with Crippen LogP contribution in [-0.2, 0) is 16.1 Å². The van der Waals surface area contributed by atoms with Crippen molar-refractivity contribution >= 4 is 45.8 Å². The Bertz CT molecular complexity index is 2240. The summed E-state index contributed by atoms with van der Waals surface area (Å²) in [6.45, 7) is 7.82. The van der Waals surface area contributed by atoms with Gasteiger partial charge in [-0.15, -0.1) is 0 Å². The number of allylic oxidation sites excluding steroid dienone is 1. The second-order valence-electron chi connectivity index (χ2n) is 11.5. The Balaban J connectivity index is 1.40. The zero-order valence-electron chi connectivity index (χ0n) is 27.3. The summed E-state index contributed by atoms with van der Waals surface area (Å²) in [4.78, 5) is 32.7. The molecule has 0 saturated heterocycles. The third kappa shape index (κ3) is 6.61. The first-order valence-corrected chi connectivity index (χ1v) is 16.8. The molecule has 0 aliphatic carbocycles. The van der Waals surface area contributed by atoms with E-state index in [0.717, 1.165) is 16.3 Å². The zero-order valence-corrected chi connectivity index (χ0v) is 28.9. The molecule has 1 aliphatic heterocycles. The molecule has 0 saturated carbocycles. The molecule has 0 bridgehead atoms. The first kappa shape index (κ1) is 33.1. The summed E-state index contributed by atoms with van der Waals surface area (Å²) in [6, 6.07) is 24.4. The van der Waals surface area contributed by atoms with Gasteiger partial charge in [0.25, 0.3) is 5.56 Å². The van der Waals surface area contributed by atoms with E-state index in [1.165, 1.54) is 15.9 Å². The van der Waals surface area contributed by atoms with Crippen molar-refractivity contribution in [3.05, 3.63) is 132 Å². The summed E-state index contributed by atoms with van der Waals surface area (Å²) >= 11 is 7.97. The number of thiazole rings is 1. The Kier molecular flexibility index (Phi) is 9.71. The Morgan fingerprint density at radius 3 is 2.52 bits per heavy atom. The molecule has 0 unspecified atom stereocenters. The van der Waals surface area contributed by atoms with E-state index in [-0.39, 0.29) is 23.8 Å². The highest BCUT2D eigenvalue weighted by atomic mass is 35.5. The van der Waals surface area contributed by atoms with Crippen LogP contribution >= 0.6 is 22.9 Å². The molecule has 0 radical (unpaired) electrons. The summed E-state index contributed by atoms with van der Waals surface area (Å²) in [5.41, 5.74) is 2.74. The number of ether oxygens (including phenoxy) is 4. The molecule has 0 N–H and O–H groups in total. The number of halogens is 1. The van der Waals surface area contributed by atoms with Crippen LogP contribution in [0.5, 0.6) is 17.2 Å². The number of hydrogen-bond acceptors (Lipinski definition) is 8. The molecule has 2 heterocycles. The third-order valence-electron chi connectivity index (χ3n) is 7.84. The minimum Gasteiger partial charge on any atom is -0.493 e. The van der Waals surface area contributed by atoms with Crippen LogP contribution in [0.3, 0.4) is 0 Å². The smallest absolute Gasteiger partial charge is 0.338 e. The maximum atomic E-state index is 14.2. The number of nitrogens with zero attached hydrogens (tertiary/aromatic N) is 2. The summed E-state index contributed by atoms with van der Waals surface area (Å²) in [7, 11) is 1.54. The number of esters is 1. The maximum Gasteiger partial charge on any atom is 0.338 e. The fraction of sp³-hybridized carbons (Fsp3) is 0.237. The van der Waals surface area contributed by atoms with Crippen molar-refractivity contribution in [1.29, 1.82) is 0 Å². The lowest BCUT2D eigenvalue weighted by Gasteiger charge is -2.26. The molecule has 0 fully saturated rings. The lowest BCUT2D eigenvalue weighted by Crippen LogP contribution is -2.40. The minimum atomic E-state index is -0.804. The number of fused-ring (bicyclic) bond motifs is 2. The van der Waals surface area contributed by atoms with Gasteiger partial charge in [0.15, 0.2) is 16.3 Å². The average Bonchev–Trinajstić information content (AvgIpc) is 3.36. The van der Waals surface area contributed by atoms with Crippen molar-refractivity contribution < 1.29 is 23.7 Å². The van der Waals surface area contributed by atoms with Gasteiger partial charge in [0.05, 0.1) is 40.6 Å². The van der Waals surface area contributed by atoms with Crippen molar-refractivity contribution in [2.24, 2.45) is 4.99 Å². The standard InChI is InChI=1S/C38H35ClN2O6S/c1-6-45-37(43)33-23(4)40-38-41(34(33)28-13-9-10-14-30(28)47-22(2)3)36(42)32(48-38)20-25-18-29(39)35(31(19-25)44-5)46-21-24-15-16-26-11-7-8-12-27(26)17-24/h7-20,22,34H,6,21H2,1-5H3/b32-20+/t34-/m1/s1. The SMILES string of the molecule is CCOC(=O)C1=C(C)N=c2s/c(=C/c3cc(Cl)c(OCc4ccc5ccccc5c4)c(OC)c3)c(=O)n2[C@@H]1c1ccccc1OC(C)C. The summed E-state index contributed by atoms with van der Waals surface area (Å²) < 4.78 is 25.3. The molecule has 6 rings (SSSR count). The van der Waals surface area contributed by atoms with Gasteiger partial charge in [-0.1, -0.05) is 77.5 Å². The first-order chi connectivity index (χ1) is 23.2. The van der Waals surface area contributed by atoms with E-state index >= 15 is 0 Å². The van der Waals surface area contributed by atoms with Crippen molar-refractivity contribution in [3.8, 4) is 17.2 Å². The van der Waals surface area contributed by atoms with Crippen molar-refractivity contribution in [3.63, 3.8) is 0 Å². The van der Waals surface area contributed by atoms with E-state index in [9.17, 15) is 9.59 Å². The topological polar surface area (TPSA) is 88.4 Å². The van der Waals surface area contributed by atoms with Gasteiger partial charge >= 0.3 is 5.97 Å². The summed E-state index contributed by atoms with van der Waals surface area (Å²) in [5.74, 6) is 0.871. The van der Waals surface area contributed by atoms with Crippen molar-refractivity contribution in [2.75, 3.05) is 13.7 Å². The molecule has 1 atom stereocenters. The van der Waals surface area contributed by atoms with Crippen LogP contribution in [0.15, 0.2) is 99.9 Å². The van der Waals surface area contributed by atoms with Crippen molar-refractivity contribution in [1.82, 2.24) is 4.57 Å². The van der Waals surface area contributed by atoms with E-state index < -0.39 is 12.0 Å². The maximum absolute atomic E-state index is 14.2. The Morgan fingerprint density at radius 1 is 1.02 bits per heavy atom.